The fourth-order valence-electron chi connectivity index (χ4n) is 11.5. The Morgan fingerprint density at radius 1 is 0.381 bits per heavy atom. The molecule has 0 bridgehead atoms. The van der Waals surface area contributed by atoms with Gasteiger partial charge >= 0.3 is 11.9 Å². The number of halogens is 8. The summed E-state index contributed by atoms with van der Waals surface area (Å²) < 4.78 is 65.3. The summed E-state index contributed by atoms with van der Waals surface area (Å²) in [4.78, 5) is 62.1. The van der Waals surface area contributed by atoms with Crippen molar-refractivity contribution in [3.63, 3.8) is 0 Å². The van der Waals surface area contributed by atoms with Gasteiger partial charge in [0.25, 0.3) is 5.91 Å². The largest absolute Gasteiger partial charge is 0.476 e. The molecule has 0 spiro atoms. The van der Waals surface area contributed by atoms with Crippen LogP contribution in [0.2, 0.25) is 20.1 Å². The van der Waals surface area contributed by atoms with Crippen LogP contribution in [0.25, 0.3) is 22.7 Å². The van der Waals surface area contributed by atoms with Gasteiger partial charge in [0.05, 0.1) is 45.0 Å². The molecule has 0 aliphatic rings. The second-order valence-electron chi connectivity index (χ2n) is 25.6. The van der Waals surface area contributed by atoms with Crippen molar-refractivity contribution in [2.24, 2.45) is 0 Å². The lowest BCUT2D eigenvalue weighted by Crippen LogP contribution is -2.19. The van der Waals surface area contributed by atoms with Gasteiger partial charge < -0.3 is 58.3 Å². The van der Waals surface area contributed by atoms with Crippen LogP contribution < -0.4 is 30.2 Å². The number of benzene rings is 10. The first-order valence-corrected chi connectivity index (χ1v) is 36.8. The first-order valence-electron chi connectivity index (χ1n) is 35.3. The summed E-state index contributed by atoms with van der Waals surface area (Å²) >= 11 is 24.0. The van der Waals surface area contributed by atoms with Gasteiger partial charge in [0.1, 0.15) is 52.3 Å². The van der Waals surface area contributed by atoms with Crippen LogP contribution in [0.1, 0.15) is 67.4 Å². The molecule has 3 N–H and O–H groups in total. The molecule has 27 heteroatoms. The average molecular weight is 1600 g/mol. The lowest BCUT2D eigenvalue weighted by molar-refractivity contribution is 0.0519. The lowest BCUT2D eigenvalue weighted by atomic mass is 10.3. The van der Waals surface area contributed by atoms with E-state index in [1.807, 2.05) is 172 Å². The Hall–Kier alpha value is -12.7. The van der Waals surface area contributed by atoms with Crippen molar-refractivity contribution in [2.75, 3.05) is 65.0 Å². The zero-order valence-electron chi connectivity index (χ0n) is 61.8. The highest BCUT2D eigenvalue weighted by molar-refractivity contribution is 6.31. The number of rotatable bonds is 24. The minimum atomic E-state index is -1.10. The molecule has 19 nitrogen and oxygen atoms in total. The number of carboxylic acids is 1. The maximum atomic E-state index is 13.3. The predicted molar refractivity (Wildman–Crippen MR) is 439 cm³/mol. The van der Waals surface area contributed by atoms with Gasteiger partial charge in [0, 0.05) is 130 Å². The number of aromatic carboxylic acids is 1. The van der Waals surface area contributed by atoms with E-state index in [0.29, 0.717) is 81.7 Å². The number of carboxylic acid groups (broad SMARTS) is 1. The fourth-order valence-corrected chi connectivity index (χ4v) is 12.0. The highest BCUT2D eigenvalue weighted by Gasteiger charge is 2.22. The van der Waals surface area contributed by atoms with Gasteiger partial charge in [-0.3, -0.25) is 4.79 Å². The van der Waals surface area contributed by atoms with E-state index in [9.17, 15) is 37.1 Å². The lowest BCUT2D eigenvalue weighted by Gasteiger charge is -2.19. The fraction of sp³-hybridized carbons (Fsp3) is 0.128. The van der Waals surface area contributed by atoms with Crippen LogP contribution in [-0.4, -0.2) is 96.0 Å². The van der Waals surface area contributed by atoms with Crippen LogP contribution in [0.15, 0.2) is 280 Å². The zero-order chi connectivity index (χ0) is 80.1. The van der Waals surface area contributed by atoms with Crippen molar-refractivity contribution in [3.8, 4) is 22.7 Å². The van der Waals surface area contributed by atoms with Crippen LogP contribution in [-0.2, 0) is 37.5 Å². The number of amides is 1. The number of imidazole rings is 4. The van der Waals surface area contributed by atoms with Crippen LogP contribution in [0.5, 0.6) is 0 Å². The maximum absolute atomic E-state index is 13.3. The molecule has 0 aliphatic heterocycles. The van der Waals surface area contributed by atoms with Crippen LogP contribution in [0, 0.1) is 23.3 Å². The van der Waals surface area contributed by atoms with Gasteiger partial charge in [-0.2, -0.15) is 0 Å². The average Bonchev–Trinajstić information content (AvgIpc) is 1.69. The molecule has 576 valence electrons. The molecule has 14 rings (SSSR count). The number of anilines is 6. The van der Waals surface area contributed by atoms with Crippen molar-refractivity contribution in [1.29, 1.82) is 0 Å². The molecule has 0 unspecified atom stereocenters. The van der Waals surface area contributed by atoms with E-state index in [0.717, 1.165) is 62.7 Å². The van der Waals surface area contributed by atoms with Crippen molar-refractivity contribution in [1.82, 2.24) is 38.2 Å². The first-order chi connectivity index (χ1) is 54.5. The minimum absolute atomic E-state index is 0.0440. The second-order valence-corrected chi connectivity index (χ2v) is 27.3. The number of para-hydroxylation sites is 2. The number of carbonyl (C=O) groups excluding carboxylic acids is 2. The van der Waals surface area contributed by atoms with Gasteiger partial charge in [-0.15, -0.1) is 0 Å². The van der Waals surface area contributed by atoms with E-state index in [4.69, 9.17) is 56.1 Å². The van der Waals surface area contributed by atoms with Crippen LogP contribution in [0.4, 0.5) is 51.7 Å². The zero-order valence-corrected chi connectivity index (χ0v) is 64.8. The maximum Gasteiger partial charge on any atom is 0.358 e. The molecule has 0 atom stereocenters. The molecule has 113 heavy (non-hydrogen) atoms. The molecule has 14 aromatic rings. The number of hydrogen-bond acceptors (Lipinski definition) is 13. The molecule has 4 heterocycles. The van der Waals surface area contributed by atoms with Crippen molar-refractivity contribution in [3.05, 3.63) is 369 Å². The van der Waals surface area contributed by atoms with E-state index >= 15 is 0 Å². The van der Waals surface area contributed by atoms with Gasteiger partial charge in [0.2, 0.25) is 0 Å². The molecule has 0 radical (unpaired) electrons. The predicted octanol–water partition coefficient (Wildman–Crippen LogP) is 19.9. The Balaban J connectivity index is 0.000000149. The van der Waals surface area contributed by atoms with Gasteiger partial charge in [0.15, 0.2) is 11.4 Å². The standard InChI is InChI=1S/C24H20ClFN4O.C24H22ClFN4.C20H19ClFN3O2.C18H15ClFN3O2/c1-29(20-13-9-18(26)10-14-20)16-23-28-22(24(31)27-19-5-3-2-4-6-19)15-30(23)21-11-7-17(25)8-12-21;1-29(22-13-9-19(26)10-14-22)17-24-28-21(15-27-20-5-3-2-4-6-20)16-30(24)23-11-7-18(25)8-12-23;1-3-27-20(26)18-12-25(17-8-4-14(21)5-9-17)19(23-18)13-24(2)16-10-6-15(22)7-11-16;1-22(14-8-4-13(20)5-9-14)11-17-21-16(18(24)25)10-23(17)15-6-2-12(19)3-7-15/h2-15H,16H2,1H3,(H,27,31);2-14,16,27H,15,17H2,1H3;4-12H,3,13H2,1-2H3;2-10H,11H2,1H3,(H,24,25). The summed E-state index contributed by atoms with van der Waals surface area (Å²) in [5.41, 5.74) is 9.93. The van der Waals surface area contributed by atoms with E-state index in [1.54, 1.807) is 121 Å². The normalized spacial score (nSPS) is 10.7. The third kappa shape index (κ3) is 22.8. The van der Waals surface area contributed by atoms with E-state index in [-0.39, 0.29) is 47.2 Å². The van der Waals surface area contributed by atoms with Gasteiger partial charge in [-0.05, 0) is 225 Å². The summed E-state index contributed by atoms with van der Waals surface area (Å²) in [6.07, 6.45) is 6.86. The number of nitrogens with zero attached hydrogens (tertiary/aromatic N) is 12. The monoisotopic (exact) mass is 1600 g/mol. The van der Waals surface area contributed by atoms with Crippen LogP contribution in [0.3, 0.4) is 0 Å². The molecule has 0 aliphatic carbocycles. The van der Waals surface area contributed by atoms with Crippen molar-refractivity contribution in [2.45, 2.75) is 39.6 Å². The smallest absolute Gasteiger partial charge is 0.358 e. The van der Waals surface area contributed by atoms with Gasteiger partial charge in [-0.1, -0.05) is 82.8 Å². The third-order valence-electron chi connectivity index (χ3n) is 17.4. The summed E-state index contributed by atoms with van der Waals surface area (Å²) in [6.45, 7) is 4.37. The number of nitrogens with one attached hydrogen (secondary N) is 2. The van der Waals surface area contributed by atoms with E-state index in [2.05, 4.69) is 30.2 Å². The highest BCUT2D eigenvalue weighted by Crippen LogP contribution is 2.28. The summed E-state index contributed by atoms with van der Waals surface area (Å²) in [7, 11) is 7.56. The number of ether oxygens (including phenoxy) is 1. The Morgan fingerprint density at radius 2 is 0.673 bits per heavy atom. The molecule has 0 fully saturated rings. The highest BCUT2D eigenvalue weighted by atomic mass is 35.5. The first kappa shape index (κ1) is 81.3. The summed E-state index contributed by atoms with van der Waals surface area (Å²) in [5.74, 6) is -0.282. The Morgan fingerprint density at radius 3 is 1.01 bits per heavy atom. The Kier molecular flexibility index (Phi) is 27.9. The molecule has 0 saturated carbocycles. The minimum Gasteiger partial charge on any atom is -0.476 e. The topological polar surface area (TPSA) is 189 Å². The molecular formula is C86H76Cl4F4N14O5. The second kappa shape index (κ2) is 38.8. The summed E-state index contributed by atoms with van der Waals surface area (Å²) in [5, 5.41) is 18.0. The van der Waals surface area contributed by atoms with E-state index in [1.165, 1.54) is 54.7 Å². The molecule has 1 amide bonds. The summed E-state index contributed by atoms with van der Waals surface area (Å²) in [6, 6.07) is 73.5. The number of hydrogen-bond donors (Lipinski definition) is 3. The Labute approximate surface area is 670 Å². The molecule has 0 saturated heterocycles. The molecule has 4 aromatic heterocycles. The van der Waals surface area contributed by atoms with Crippen molar-refractivity contribution >= 4 is 98.4 Å². The van der Waals surface area contributed by atoms with E-state index < -0.39 is 11.9 Å². The van der Waals surface area contributed by atoms with Crippen molar-refractivity contribution < 1.29 is 41.8 Å². The number of esters is 1. The molecular weight excluding hydrogens is 1530 g/mol. The number of carbonyl (C=O) groups is 3. The third-order valence-corrected chi connectivity index (χ3v) is 18.4. The Bertz CT molecular complexity index is 5440. The van der Waals surface area contributed by atoms with Gasteiger partial charge in [-0.25, -0.2) is 47.1 Å². The number of aromatic nitrogens is 8. The quantitative estimate of drug-likeness (QED) is 0.0383. The SMILES string of the molecule is CCOC(=O)c1cn(-c2ccc(Cl)cc2)c(CN(C)c2ccc(F)cc2)n1.CN(Cc1nc(C(=O)Nc2ccccc2)cn1-c1ccc(Cl)cc1)c1ccc(F)cc1.CN(Cc1nc(C(=O)O)cn1-c1ccc(Cl)cc1)c1ccc(F)cc1.CN(Cc1nc(CNc2ccccc2)cn1-c1ccc(Cl)cc1)c1ccc(F)cc1. The molecule has 10 aromatic carbocycles. The van der Waals surface area contributed by atoms with Crippen LogP contribution >= 0.6 is 46.4 Å².